The number of aliphatic imine (C=N–C) groups is 1. The quantitative estimate of drug-likeness (QED) is 0.280. The van der Waals surface area contributed by atoms with Crippen molar-refractivity contribution in [1.29, 1.82) is 0 Å². The minimum absolute atomic E-state index is 0.220. The molecule has 0 radical (unpaired) electrons. The minimum atomic E-state index is -0.220. The van der Waals surface area contributed by atoms with E-state index in [0.717, 1.165) is 60.4 Å². The van der Waals surface area contributed by atoms with Crippen molar-refractivity contribution < 1.29 is 14.3 Å². The van der Waals surface area contributed by atoms with E-state index in [0.29, 0.717) is 16.4 Å². The number of piperazine rings is 1. The largest absolute Gasteiger partial charge is 0.493 e. The van der Waals surface area contributed by atoms with Crippen molar-refractivity contribution in [2.75, 3.05) is 40.4 Å². The Morgan fingerprint density at radius 3 is 2.29 bits per heavy atom. The molecule has 8 nitrogen and oxygen atoms in total. The number of benzene rings is 3. The molecule has 41 heavy (non-hydrogen) atoms. The lowest BCUT2D eigenvalue weighted by Gasteiger charge is -2.35. The predicted molar refractivity (Wildman–Crippen MR) is 163 cm³/mol. The van der Waals surface area contributed by atoms with E-state index in [4.69, 9.17) is 14.6 Å². The second-order valence-corrected chi connectivity index (χ2v) is 10.9. The van der Waals surface area contributed by atoms with Crippen molar-refractivity contribution in [3.05, 3.63) is 101 Å². The summed E-state index contributed by atoms with van der Waals surface area (Å²) in [6.07, 6.45) is 3.84. The smallest absolute Gasteiger partial charge is 0.286 e. The van der Waals surface area contributed by atoms with E-state index in [9.17, 15) is 4.79 Å². The Morgan fingerprint density at radius 1 is 0.878 bits per heavy atom. The van der Waals surface area contributed by atoms with Crippen molar-refractivity contribution in [3.8, 4) is 28.4 Å². The van der Waals surface area contributed by atoms with Gasteiger partial charge in [0.25, 0.3) is 5.91 Å². The van der Waals surface area contributed by atoms with Gasteiger partial charge in [-0.1, -0.05) is 48.5 Å². The minimum Gasteiger partial charge on any atom is -0.493 e. The first-order valence-electron chi connectivity index (χ1n) is 13.5. The molecule has 1 amide bonds. The molecule has 0 saturated carbocycles. The number of rotatable bonds is 7. The van der Waals surface area contributed by atoms with Gasteiger partial charge in [-0.2, -0.15) is 10.1 Å². The van der Waals surface area contributed by atoms with Gasteiger partial charge in [-0.05, 0) is 53.7 Å². The maximum Gasteiger partial charge on any atom is 0.286 e. The number of carbonyl (C=O) groups is 1. The van der Waals surface area contributed by atoms with Crippen LogP contribution in [0.1, 0.15) is 11.1 Å². The lowest BCUT2D eigenvalue weighted by atomic mass is 10.1. The van der Waals surface area contributed by atoms with E-state index >= 15 is 0 Å². The normalized spacial score (nSPS) is 16.7. The van der Waals surface area contributed by atoms with Crippen LogP contribution in [-0.4, -0.2) is 71.1 Å². The van der Waals surface area contributed by atoms with E-state index in [1.54, 1.807) is 14.2 Å². The van der Waals surface area contributed by atoms with Gasteiger partial charge in [0.2, 0.25) is 0 Å². The number of hydrogen-bond donors (Lipinski definition) is 0. The summed E-state index contributed by atoms with van der Waals surface area (Å²) in [5.74, 6) is 1.03. The Hall–Kier alpha value is -4.34. The van der Waals surface area contributed by atoms with Crippen LogP contribution >= 0.6 is 11.8 Å². The van der Waals surface area contributed by atoms with E-state index in [2.05, 4.69) is 39.1 Å². The molecule has 3 aromatic carbocycles. The van der Waals surface area contributed by atoms with Gasteiger partial charge in [-0.15, -0.1) is 0 Å². The molecule has 0 unspecified atom stereocenters. The Balaban J connectivity index is 1.23. The molecule has 3 heterocycles. The van der Waals surface area contributed by atoms with Gasteiger partial charge in [-0.3, -0.25) is 9.69 Å². The zero-order valence-corrected chi connectivity index (χ0v) is 23.9. The molecular weight excluding hydrogens is 534 g/mol. The summed E-state index contributed by atoms with van der Waals surface area (Å²) in [4.78, 5) is 22.7. The van der Waals surface area contributed by atoms with Gasteiger partial charge in [0.05, 0.1) is 24.8 Å². The summed E-state index contributed by atoms with van der Waals surface area (Å²) in [7, 11) is 3.22. The summed E-state index contributed by atoms with van der Waals surface area (Å²) in [5.41, 5.74) is 4.65. The van der Waals surface area contributed by atoms with E-state index in [-0.39, 0.29) is 5.91 Å². The van der Waals surface area contributed by atoms with Crippen LogP contribution in [0.4, 0.5) is 0 Å². The number of amides is 1. The van der Waals surface area contributed by atoms with Crippen LogP contribution in [0.25, 0.3) is 23.0 Å². The molecule has 9 heteroatoms. The Kier molecular flexibility index (Phi) is 7.89. The molecule has 4 aromatic rings. The molecule has 0 bridgehead atoms. The van der Waals surface area contributed by atoms with Gasteiger partial charge >= 0.3 is 0 Å². The number of amidine groups is 1. The third-order valence-corrected chi connectivity index (χ3v) is 8.25. The fourth-order valence-electron chi connectivity index (χ4n) is 5.03. The van der Waals surface area contributed by atoms with Crippen molar-refractivity contribution in [2.24, 2.45) is 4.99 Å². The lowest BCUT2D eigenvalue weighted by Crippen LogP contribution is -2.47. The van der Waals surface area contributed by atoms with Crippen LogP contribution in [0.15, 0.2) is 95.0 Å². The second-order valence-electron chi connectivity index (χ2n) is 9.84. The van der Waals surface area contributed by atoms with Gasteiger partial charge in [0, 0.05) is 50.0 Å². The van der Waals surface area contributed by atoms with E-state index in [1.807, 2.05) is 71.6 Å². The predicted octanol–water partition coefficient (Wildman–Crippen LogP) is 5.34. The van der Waals surface area contributed by atoms with Crippen molar-refractivity contribution in [1.82, 2.24) is 19.6 Å². The average molecular weight is 566 g/mol. The molecule has 1 saturated heterocycles. The topological polar surface area (TPSA) is 72.2 Å². The third kappa shape index (κ3) is 5.91. The molecule has 2 aliphatic heterocycles. The highest BCUT2D eigenvalue weighted by Crippen LogP contribution is 2.36. The Bertz CT molecular complexity index is 1590. The molecule has 0 spiro atoms. The lowest BCUT2D eigenvalue weighted by molar-refractivity contribution is -0.113. The number of carbonyl (C=O) groups excluding carboxylic acids is 1. The van der Waals surface area contributed by atoms with Crippen LogP contribution in [0.3, 0.4) is 0 Å². The highest BCUT2D eigenvalue weighted by molar-refractivity contribution is 8.18. The maximum atomic E-state index is 13.1. The third-order valence-electron chi connectivity index (χ3n) is 7.21. The average Bonchev–Trinajstić information content (AvgIpc) is 3.61. The van der Waals surface area contributed by atoms with Gasteiger partial charge in [0.15, 0.2) is 16.7 Å². The first-order chi connectivity index (χ1) is 20.1. The van der Waals surface area contributed by atoms with Crippen LogP contribution in [0.2, 0.25) is 0 Å². The van der Waals surface area contributed by atoms with Crippen LogP contribution in [-0.2, 0) is 11.3 Å². The van der Waals surface area contributed by atoms with E-state index < -0.39 is 0 Å². The van der Waals surface area contributed by atoms with Gasteiger partial charge < -0.3 is 14.4 Å². The van der Waals surface area contributed by atoms with E-state index in [1.165, 1.54) is 17.3 Å². The highest BCUT2D eigenvalue weighted by Gasteiger charge is 2.29. The number of hydrogen-bond acceptors (Lipinski definition) is 7. The molecule has 0 N–H and O–H groups in total. The zero-order chi connectivity index (χ0) is 28.2. The summed E-state index contributed by atoms with van der Waals surface area (Å²) in [6.45, 7) is 4.46. The maximum absolute atomic E-state index is 13.1. The molecule has 1 fully saturated rings. The number of nitrogens with zero attached hydrogens (tertiary/aromatic N) is 5. The summed E-state index contributed by atoms with van der Waals surface area (Å²) in [5, 5.41) is 5.67. The number of para-hydroxylation sites is 1. The van der Waals surface area contributed by atoms with Crippen LogP contribution in [0, 0.1) is 0 Å². The number of methoxy groups -OCH3 is 2. The highest BCUT2D eigenvalue weighted by atomic mass is 32.2. The first-order valence-corrected chi connectivity index (χ1v) is 14.3. The molecule has 0 aliphatic carbocycles. The fraction of sp³-hybridized carbons (Fsp3) is 0.219. The molecule has 1 aromatic heterocycles. The SMILES string of the molecule is COc1ccc(-c2nn(-c3ccccc3)cc2/C=C2\SC(N3CCN(Cc4ccccc4)CC3)=NC2=O)cc1OC. The van der Waals surface area contributed by atoms with Gasteiger partial charge in [-0.25, -0.2) is 4.68 Å². The number of thioether (sulfide) groups is 1. The number of ether oxygens (including phenoxy) is 2. The van der Waals surface area contributed by atoms with Crippen molar-refractivity contribution in [2.45, 2.75) is 6.54 Å². The number of aromatic nitrogens is 2. The molecule has 0 atom stereocenters. The zero-order valence-electron chi connectivity index (χ0n) is 23.1. The van der Waals surface area contributed by atoms with Gasteiger partial charge in [0.1, 0.15) is 5.69 Å². The van der Waals surface area contributed by atoms with Crippen molar-refractivity contribution >= 4 is 28.9 Å². The summed E-state index contributed by atoms with van der Waals surface area (Å²) < 4.78 is 12.8. The molecule has 6 rings (SSSR count). The monoisotopic (exact) mass is 565 g/mol. The first kappa shape index (κ1) is 26.9. The van der Waals surface area contributed by atoms with Crippen LogP contribution < -0.4 is 9.47 Å². The second kappa shape index (κ2) is 12.0. The summed E-state index contributed by atoms with van der Waals surface area (Å²) in [6, 6.07) is 26.1. The fourth-order valence-corrected chi connectivity index (χ4v) is 5.98. The Morgan fingerprint density at radius 2 is 1.59 bits per heavy atom. The Labute approximate surface area is 243 Å². The van der Waals surface area contributed by atoms with Crippen LogP contribution in [0.5, 0.6) is 11.5 Å². The standard InChI is InChI=1S/C32H31N5O3S/c1-39-27-14-13-24(19-28(27)40-2)30-25(22-37(34-30)26-11-7-4-8-12-26)20-29-31(38)33-32(41-29)36-17-15-35(16-18-36)21-23-9-5-3-6-10-23/h3-14,19-20,22H,15-18,21H2,1-2H3/b29-20-. The molecule has 208 valence electrons. The summed E-state index contributed by atoms with van der Waals surface area (Å²) >= 11 is 1.44. The molecular formula is C32H31N5O3S. The van der Waals surface area contributed by atoms with Crippen molar-refractivity contribution in [3.63, 3.8) is 0 Å². The molecule has 2 aliphatic rings.